The van der Waals surface area contributed by atoms with Crippen molar-refractivity contribution in [3.8, 4) is 0 Å². The number of nitrogen functional groups attached to an aromatic ring is 1. The number of aromatic nitrogens is 3. The first-order valence-corrected chi connectivity index (χ1v) is 7.91. The molecule has 3 N–H and O–H groups in total. The van der Waals surface area contributed by atoms with E-state index in [2.05, 4.69) is 46.6 Å². The highest BCUT2D eigenvalue weighted by Gasteiger charge is 2.30. The summed E-state index contributed by atoms with van der Waals surface area (Å²) < 4.78 is 15.0. The summed E-state index contributed by atoms with van der Waals surface area (Å²) in [5, 5.41) is 7.69. The fraction of sp³-hybridized carbons (Fsp3) is 0.222. The lowest BCUT2D eigenvalue weighted by molar-refractivity contribution is 0.431. The minimum Gasteiger partial charge on any atom is -0.366 e. The topological polar surface area (TPSA) is 68.8 Å². The van der Waals surface area contributed by atoms with E-state index in [-0.39, 0.29) is 23.8 Å². The summed E-state index contributed by atoms with van der Waals surface area (Å²) in [6.45, 7) is 2.06. The molecule has 1 aliphatic rings. The summed E-state index contributed by atoms with van der Waals surface area (Å²) in [4.78, 5) is 4.28. The molecule has 0 saturated carbocycles. The minimum absolute atomic E-state index is 0.0213. The summed E-state index contributed by atoms with van der Waals surface area (Å²) in [5.41, 5.74) is 9.17. The van der Waals surface area contributed by atoms with Crippen LogP contribution in [-0.4, -0.2) is 14.8 Å². The van der Waals surface area contributed by atoms with Crippen LogP contribution in [0.5, 0.6) is 0 Å². The molecule has 0 unspecified atom stereocenters. The molecule has 0 spiro atoms. The summed E-state index contributed by atoms with van der Waals surface area (Å²) >= 11 is 0. The SMILES string of the molecule is Cc1ccc([C@@H]2C[C@H](c3ccc(F)cc3)Nc3nc(N)nn32)cc1. The van der Waals surface area contributed by atoms with Crippen LogP contribution >= 0.6 is 0 Å². The third-order valence-corrected chi connectivity index (χ3v) is 4.44. The molecule has 3 aromatic rings. The second-order valence-corrected chi connectivity index (χ2v) is 6.15. The van der Waals surface area contributed by atoms with E-state index in [1.54, 1.807) is 12.1 Å². The number of nitrogens with one attached hydrogen (secondary N) is 1. The molecule has 0 amide bonds. The van der Waals surface area contributed by atoms with Gasteiger partial charge in [-0.2, -0.15) is 4.98 Å². The van der Waals surface area contributed by atoms with Gasteiger partial charge in [0.1, 0.15) is 5.82 Å². The van der Waals surface area contributed by atoms with Gasteiger partial charge in [0.25, 0.3) is 0 Å². The van der Waals surface area contributed by atoms with Gasteiger partial charge in [-0.1, -0.05) is 42.0 Å². The predicted octanol–water partition coefficient (Wildman–Crippen LogP) is 3.45. The van der Waals surface area contributed by atoms with E-state index in [0.717, 1.165) is 17.5 Å². The fourth-order valence-corrected chi connectivity index (χ4v) is 3.17. The zero-order chi connectivity index (χ0) is 16.7. The highest BCUT2D eigenvalue weighted by molar-refractivity contribution is 5.41. The van der Waals surface area contributed by atoms with Gasteiger partial charge in [0.15, 0.2) is 0 Å². The molecule has 4 rings (SSSR count). The molecular formula is C18H18FN5. The molecule has 2 atom stereocenters. The van der Waals surface area contributed by atoms with Crippen molar-refractivity contribution in [3.05, 3.63) is 71.0 Å². The van der Waals surface area contributed by atoms with Crippen molar-refractivity contribution < 1.29 is 4.39 Å². The smallest absolute Gasteiger partial charge is 0.241 e. The summed E-state index contributed by atoms with van der Waals surface area (Å²) in [6.07, 6.45) is 0.782. The number of aryl methyl sites for hydroxylation is 1. The van der Waals surface area contributed by atoms with Gasteiger partial charge < -0.3 is 11.1 Å². The molecule has 1 aromatic heterocycles. The lowest BCUT2D eigenvalue weighted by Gasteiger charge is -2.31. The van der Waals surface area contributed by atoms with Crippen LogP contribution in [0.3, 0.4) is 0 Å². The van der Waals surface area contributed by atoms with Crippen LogP contribution in [0, 0.1) is 12.7 Å². The number of hydrogen-bond donors (Lipinski definition) is 2. The number of fused-ring (bicyclic) bond motifs is 1. The number of nitrogens with zero attached hydrogens (tertiary/aromatic N) is 3. The lowest BCUT2D eigenvalue weighted by atomic mass is 9.93. The second-order valence-electron chi connectivity index (χ2n) is 6.15. The zero-order valence-electron chi connectivity index (χ0n) is 13.3. The Balaban J connectivity index is 1.74. The summed E-state index contributed by atoms with van der Waals surface area (Å²) in [6, 6.07) is 15.0. The maximum Gasteiger partial charge on any atom is 0.241 e. The molecule has 0 saturated heterocycles. The molecular weight excluding hydrogens is 305 g/mol. The van der Waals surface area contributed by atoms with Crippen molar-refractivity contribution in [2.75, 3.05) is 11.1 Å². The molecule has 2 heterocycles. The highest BCUT2D eigenvalue weighted by atomic mass is 19.1. The van der Waals surface area contributed by atoms with Crippen molar-refractivity contribution in [1.82, 2.24) is 14.8 Å². The number of halogens is 1. The third-order valence-electron chi connectivity index (χ3n) is 4.44. The summed E-state index contributed by atoms with van der Waals surface area (Å²) in [5.74, 6) is 0.644. The van der Waals surface area contributed by atoms with Crippen LogP contribution in [0.2, 0.25) is 0 Å². The number of rotatable bonds is 2. The first-order valence-electron chi connectivity index (χ1n) is 7.91. The first kappa shape index (κ1) is 14.7. The van der Waals surface area contributed by atoms with E-state index in [4.69, 9.17) is 5.73 Å². The van der Waals surface area contributed by atoms with E-state index < -0.39 is 0 Å². The molecule has 0 radical (unpaired) electrons. The minimum atomic E-state index is -0.239. The Labute approximate surface area is 139 Å². The van der Waals surface area contributed by atoms with Gasteiger partial charge >= 0.3 is 0 Å². The molecule has 0 aliphatic carbocycles. The molecule has 1 aliphatic heterocycles. The Morgan fingerprint density at radius 2 is 1.75 bits per heavy atom. The monoisotopic (exact) mass is 323 g/mol. The molecule has 122 valence electrons. The van der Waals surface area contributed by atoms with Gasteiger partial charge in [-0.3, -0.25) is 0 Å². The molecule has 24 heavy (non-hydrogen) atoms. The van der Waals surface area contributed by atoms with Crippen molar-refractivity contribution >= 4 is 11.9 Å². The van der Waals surface area contributed by atoms with Crippen molar-refractivity contribution in [2.24, 2.45) is 0 Å². The van der Waals surface area contributed by atoms with E-state index in [1.165, 1.54) is 17.7 Å². The van der Waals surface area contributed by atoms with Crippen LogP contribution in [0.25, 0.3) is 0 Å². The number of benzene rings is 2. The summed E-state index contributed by atoms with van der Waals surface area (Å²) in [7, 11) is 0. The van der Waals surface area contributed by atoms with Crippen molar-refractivity contribution in [1.29, 1.82) is 0 Å². The number of nitrogens with two attached hydrogens (primary N) is 1. The Morgan fingerprint density at radius 1 is 1.08 bits per heavy atom. The number of anilines is 2. The average Bonchev–Trinajstić information content (AvgIpc) is 2.95. The Kier molecular flexibility index (Phi) is 3.45. The van der Waals surface area contributed by atoms with Gasteiger partial charge in [0, 0.05) is 0 Å². The predicted molar refractivity (Wildman–Crippen MR) is 91.1 cm³/mol. The van der Waals surface area contributed by atoms with Crippen molar-refractivity contribution in [2.45, 2.75) is 25.4 Å². The van der Waals surface area contributed by atoms with Gasteiger partial charge in [0.2, 0.25) is 11.9 Å². The Morgan fingerprint density at radius 3 is 2.46 bits per heavy atom. The Hall–Kier alpha value is -2.89. The standard InChI is InChI=1S/C18H18FN5/c1-11-2-4-13(5-3-11)16-10-15(12-6-8-14(19)9-7-12)21-18-22-17(20)23-24(16)18/h2-9,15-16H,10H2,1H3,(H3,20,21,22,23)/t15-,16+/m1/s1. The molecule has 0 fully saturated rings. The van der Waals surface area contributed by atoms with Crippen molar-refractivity contribution in [3.63, 3.8) is 0 Å². The van der Waals surface area contributed by atoms with E-state index in [1.807, 2.05) is 4.68 Å². The van der Waals surface area contributed by atoms with Gasteiger partial charge in [-0.05, 0) is 36.6 Å². The second kappa shape index (κ2) is 5.63. The molecule has 2 aromatic carbocycles. The largest absolute Gasteiger partial charge is 0.366 e. The van der Waals surface area contributed by atoms with E-state index in [9.17, 15) is 4.39 Å². The Bertz CT molecular complexity index is 854. The first-order chi connectivity index (χ1) is 11.6. The van der Waals surface area contributed by atoms with Gasteiger partial charge in [0.05, 0.1) is 12.1 Å². The maximum absolute atomic E-state index is 13.2. The van der Waals surface area contributed by atoms with Crippen LogP contribution in [0.4, 0.5) is 16.3 Å². The maximum atomic E-state index is 13.2. The van der Waals surface area contributed by atoms with E-state index in [0.29, 0.717) is 5.95 Å². The lowest BCUT2D eigenvalue weighted by Crippen LogP contribution is -2.28. The normalized spacial score (nSPS) is 19.6. The van der Waals surface area contributed by atoms with Gasteiger partial charge in [-0.15, -0.1) is 5.10 Å². The molecule has 5 nitrogen and oxygen atoms in total. The van der Waals surface area contributed by atoms with Crippen LogP contribution in [0.15, 0.2) is 48.5 Å². The highest BCUT2D eigenvalue weighted by Crippen LogP contribution is 2.37. The van der Waals surface area contributed by atoms with Crippen LogP contribution < -0.4 is 11.1 Å². The quantitative estimate of drug-likeness (QED) is 0.758. The van der Waals surface area contributed by atoms with E-state index >= 15 is 0 Å². The fourth-order valence-electron chi connectivity index (χ4n) is 3.17. The number of hydrogen-bond acceptors (Lipinski definition) is 4. The van der Waals surface area contributed by atoms with Crippen LogP contribution in [0.1, 0.15) is 35.2 Å². The van der Waals surface area contributed by atoms with Gasteiger partial charge in [-0.25, -0.2) is 9.07 Å². The molecule has 0 bridgehead atoms. The third kappa shape index (κ3) is 2.60. The zero-order valence-corrected chi connectivity index (χ0v) is 13.3. The van der Waals surface area contributed by atoms with Crippen LogP contribution in [-0.2, 0) is 0 Å². The average molecular weight is 323 g/mol. The molecule has 6 heteroatoms.